The molecule has 5 nitrogen and oxygen atoms in total. The summed E-state index contributed by atoms with van der Waals surface area (Å²) in [4.78, 5) is 17.6. The highest BCUT2D eigenvalue weighted by atomic mass is 19.1. The van der Waals surface area contributed by atoms with Crippen molar-refractivity contribution in [1.82, 2.24) is 9.47 Å². The van der Waals surface area contributed by atoms with Crippen LogP contribution in [0.15, 0.2) is 54.6 Å². The summed E-state index contributed by atoms with van der Waals surface area (Å²) in [6.45, 7) is 8.32. The highest BCUT2D eigenvalue weighted by molar-refractivity contribution is 6.00. The van der Waals surface area contributed by atoms with Crippen molar-refractivity contribution in [3.05, 3.63) is 77.4 Å². The molecule has 0 spiro atoms. The molecule has 0 aliphatic carbocycles. The van der Waals surface area contributed by atoms with Gasteiger partial charge in [0.15, 0.2) is 5.78 Å². The van der Waals surface area contributed by atoms with Crippen molar-refractivity contribution in [1.29, 1.82) is 0 Å². The molecule has 6 heteroatoms. The van der Waals surface area contributed by atoms with Gasteiger partial charge in [0.05, 0.1) is 6.54 Å². The molecule has 3 aromatic rings. The molecule has 0 radical (unpaired) electrons. The normalized spacial score (nSPS) is 14.6. The molecule has 1 N–H and O–H groups in total. The second-order valence-corrected chi connectivity index (χ2v) is 8.21. The van der Waals surface area contributed by atoms with Gasteiger partial charge in [-0.15, -0.1) is 0 Å². The molecule has 4 rings (SSSR count). The highest BCUT2D eigenvalue weighted by Crippen LogP contribution is 2.23. The molecule has 1 saturated heterocycles. The Balaban J connectivity index is 1.41. The van der Waals surface area contributed by atoms with Crippen molar-refractivity contribution in [2.45, 2.75) is 13.8 Å². The van der Waals surface area contributed by atoms with Gasteiger partial charge in [0, 0.05) is 60.2 Å². The third-order valence-corrected chi connectivity index (χ3v) is 6.01. The van der Waals surface area contributed by atoms with E-state index in [2.05, 4.69) is 34.3 Å². The number of hydrogen-bond donors (Lipinski definition) is 1. The number of rotatable bonds is 6. The molecule has 0 saturated carbocycles. The predicted octanol–water partition coefficient (Wildman–Crippen LogP) is 4.28. The van der Waals surface area contributed by atoms with Crippen molar-refractivity contribution in [3.8, 4) is 5.69 Å². The van der Waals surface area contributed by atoms with Crippen LogP contribution in [0.1, 0.15) is 21.7 Å². The Morgan fingerprint density at radius 2 is 1.55 bits per heavy atom. The van der Waals surface area contributed by atoms with E-state index in [4.69, 9.17) is 0 Å². The molecule has 0 atom stereocenters. The lowest BCUT2D eigenvalue weighted by Crippen LogP contribution is -2.44. The van der Waals surface area contributed by atoms with Gasteiger partial charge in [-0.05, 0) is 75.5 Å². The first-order valence-corrected chi connectivity index (χ1v) is 10.7. The molecule has 1 fully saturated rings. The van der Waals surface area contributed by atoms with Crippen molar-refractivity contribution < 1.29 is 9.18 Å². The number of benzene rings is 2. The van der Waals surface area contributed by atoms with Crippen LogP contribution in [0, 0.1) is 19.7 Å². The van der Waals surface area contributed by atoms with Crippen molar-refractivity contribution in [2.75, 3.05) is 50.0 Å². The van der Waals surface area contributed by atoms with Gasteiger partial charge >= 0.3 is 0 Å². The summed E-state index contributed by atoms with van der Waals surface area (Å²) in [5.74, 6) is -0.241. The molecule has 1 aliphatic heterocycles. The molecular weight excluding hydrogens is 391 g/mol. The molecular formula is C25H29FN4O. The lowest BCUT2D eigenvalue weighted by atomic mass is 10.1. The van der Waals surface area contributed by atoms with Crippen molar-refractivity contribution in [2.24, 2.45) is 0 Å². The van der Waals surface area contributed by atoms with Crippen LogP contribution >= 0.6 is 0 Å². The van der Waals surface area contributed by atoms with E-state index in [9.17, 15) is 9.18 Å². The minimum atomic E-state index is -0.273. The van der Waals surface area contributed by atoms with E-state index in [1.807, 2.05) is 36.6 Å². The maximum atomic E-state index is 13.3. The Labute approximate surface area is 183 Å². The topological polar surface area (TPSA) is 40.5 Å². The molecule has 2 heterocycles. The predicted molar refractivity (Wildman–Crippen MR) is 124 cm³/mol. The average Bonchev–Trinajstić information content (AvgIpc) is 3.08. The van der Waals surface area contributed by atoms with Crippen LogP contribution < -0.4 is 10.2 Å². The number of carbonyl (C=O) groups is 1. The summed E-state index contributed by atoms with van der Waals surface area (Å²) in [5.41, 5.74) is 5.49. The Hall–Kier alpha value is -3.12. The monoisotopic (exact) mass is 420 g/mol. The third-order valence-electron chi connectivity index (χ3n) is 6.01. The summed E-state index contributed by atoms with van der Waals surface area (Å²) in [7, 11) is 2.15. The number of carbonyl (C=O) groups excluding carboxylic acids is 1. The van der Waals surface area contributed by atoms with E-state index in [1.54, 1.807) is 12.1 Å². The quantitative estimate of drug-likeness (QED) is 0.605. The van der Waals surface area contributed by atoms with E-state index < -0.39 is 0 Å². The average molecular weight is 421 g/mol. The van der Waals surface area contributed by atoms with Gasteiger partial charge in [0.2, 0.25) is 0 Å². The van der Waals surface area contributed by atoms with Gasteiger partial charge in [-0.2, -0.15) is 0 Å². The fourth-order valence-corrected chi connectivity index (χ4v) is 4.16. The van der Waals surface area contributed by atoms with E-state index >= 15 is 0 Å². The number of nitrogens with zero attached hydrogens (tertiary/aromatic N) is 3. The van der Waals surface area contributed by atoms with E-state index in [0.29, 0.717) is 5.56 Å². The Bertz CT molecular complexity index is 1050. The lowest BCUT2D eigenvalue weighted by Gasteiger charge is -2.34. The number of Topliss-reactive ketones (excluding diaryl/α,β-unsaturated/α-hetero) is 1. The Morgan fingerprint density at radius 1 is 0.935 bits per heavy atom. The summed E-state index contributed by atoms with van der Waals surface area (Å²) >= 11 is 0. The Morgan fingerprint density at radius 3 is 2.19 bits per heavy atom. The van der Waals surface area contributed by atoms with Crippen molar-refractivity contribution >= 4 is 17.2 Å². The van der Waals surface area contributed by atoms with Gasteiger partial charge in [0.1, 0.15) is 5.82 Å². The smallest absolute Gasteiger partial charge is 0.183 e. The summed E-state index contributed by atoms with van der Waals surface area (Å²) in [6, 6.07) is 16.5. The van der Waals surface area contributed by atoms with Gasteiger partial charge in [-0.25, -0.2) is 4.39 Å². The first-order valence-electron chi connectivity index (χ1n) is 10.7. The first kappa shape index (κ1) is 21.1. The van der Waals surface area contributed by atoms with Gasteiger partial charge in [0.25, 0.3) is 0 Å². The number of hydrogen-bond acceptors (Lipinski definition) is 4. The second kappa shape index (κ2) is 8.94. The molecule has 2 aromatic carbocycles. The largest absolute Gasteiger partial charge is 0.378 e. The van der Waals surface area contributed by atoms with Crippen LogP contribution in [0.5, 0.6) is 0 Å². The van der Waals surface area contributed by atoms with Crippen LogP contribution in [0.25, 0.3) is 5.69 Å². The molecule has 1 aliphatic rings. The Kier molecular flexibility index (Phi) is 6.09. The number of anilines is 2. The van der Waals surface area contributed by atoms with Gasteiger partial charge in [-0.1, -0.05) is 0 Å². The molecule has 162 valence electrons. The molecule has 0 amide bonds. The minimum Gasteiger partial charge on any atom is -0.378 e. The number of nitrogens with one attached hydrogen (secondary N) is 1. The van der Waals surface area contributed by atoms with Crippen LogP contribution in [0.2, 0.25) is 0 Å². The molecule has 31 heavy (non-hydrogen) atoms. The fraction of sp³-hybridized carbons (Fsp3) is 0.320. The molecule has 1 aromatic heterocycles. The SMILES string of the molecule is Cc1cc(C(=O)CNc2ccc(N3CCN(C)CC3)cc2)c(C)n1-c1ccc(F)cc1. The van der Waals surface area contributed by atoms with Crippen molar-refractivity contribution in [3.63, 3.8) is 0 Å². The maximum Gasteiger partial charge on any atom is 0.183 e. The zero-order chi connectivity index (χ0) is 22.0. The third kappa shape index (κ3) is 4.64. The minimum absolute atomic E-state index is 0.0320. The molecule has 0 bridgehead atoms. The number of ketones is 1. The summed E-state index contributed by atoms with van der Waals surface area (Å²) in [6.07, 6.45) is 0. The number of aryl methyl sites for hydroxylation is 1. The van der Waals surface area contributed by atoms with Crippen LogP contribution in [-0.2, 0) is 0 Å². The van der Waals surface area contributed by atoms with Crippen LogP contribution in [-0.4, -0.2) is 55.0 Å². The number of piperazine rings is 1. The zero-order valence-electron chi connectivity index (χ0n) is 18.4. The highest BCUT2D eigenvalue weighted by Gasteiger charge is 2.17. The van der Waals surface area contributed by atoms with Gasteiger partial charge in [-0.3, -0.25) is 4.79 Å². The number of likely N-dealkylation sites (N-methyl/N-ethyl adjacent to an activating group) is 1. The zero-order valence-corrected chi connectivity index (χ0v) is 18.4. The number of aromatic nitrogens is 1. The van der Waals surface area contributed by atoms with Crippen LogP contribution in [0.3, 0.4) is 0 Å². The maximum absolute atomic E-state index is 13.3. The van der Waals surface area contributed by atoms with E-state index in [-0.39, 0.29) is 18.1 Å². The van der Waals surface area contributed by atoms with Gasteiger partial charge < -0.3 is 19.7 Å². The summed E-state index contributed by atoms with van der Waals surface area (Å²) < 4.78 is 15.3. The van der Waals surface area contributed by atoms with E-state index in [0.717, 1.165) is 48.9 Å². The second-order valence-electron chi connectivity index (χ2n) is 8.21. The fourth-order valence-electron chi connectivity index (χ4n) is 4.16. The standard InChI is InChI=1S/C25H29FN4O/c1-18-16-24(19(2)30(18)23-8-4-20(26)5-9-23)25(31)17-27-21-6-10-22(11-7-21)29-14-12-28(3)13-15-29/h4-11,16,27H,12-15,17H2,1-3H3. The lowest BCUT2D eigenvalue weighted by molar-refractivity contribution is 0.101. The van der Waals surface area contributed by atoms with Crippen LogP contribution in [0.4, 0.5) is 15.8 Å². The molecule has 0 unspecified atom stereocenters. The first-order chi connectivity index (χ1) is 14.9. The summed E-state index contributed by atoms with van der Waals surface area (Å²) in [5, 5.41) is 3.25. The van der Waals surface area contributed by atoms with E-state index in [1.165, 1.54) is 17.8 Å². The number of halogens is 1.